The van der Waals surface area contributed by atoms with Crippen LogP contribution >= 0.6 is 0 Å². The van der Waals surface area contributed by atoms with Crippen LogP contribution in [0.25, 0.3) is 11.3 Å². The molecule has 0 saturated carbocycles. The summed E-state index contributed by atoms with van der Waals surface area (Å²) in [5.41, 5.74) is 0.693. The molecule has 1 unspecified atom stereocenters. The first-order chi connectivity index (χ1) is 9.97. The number of rotatable bonds is 2. The Morgan fingerprint density at radius 2 is 1.95 bits per heavy atom. The number of aliphatic hydroxyl groups excluding tert-OH is 1. The van der Waals surface area contributed by atoms with Crippen molar-refractivity contribution in [2.75, 3.05) is 6.61 Å². The quantitative estimate of drug-likeness (QED) is 0.924. The second-order valence-electron chi connectivity index (χ2n) is 5.36. The number of hydrogen-bond acceptors (Lipinski definition) is 2. The van der Waals surface area contributed by atoms with Crippen molar-refractivity contribution in [1.29, 1.82) is 0 Å². The van der Waals surface area contributed by atoms with Crippen molar-refractivity contribution in [3.05, 3.63) is 41.9 Å². The first-order valence-corrected chi connectivity index (χ1v) is 6.82. The predicted molar refractivity (Wildman–Crippen MR) is 71.6 cm³/mol. The van der Waals surface area contributed by atoms with Gasteiger partial charge in [0.1, 0.15) is 5.82 Å². The molecule has 3 rings (SSSR count). The van der Waals surface area contributed by atoms with Crippen LogP contribution in [0.1, 0.15) is 17.8 Å². The minimum absolute atomic E-state index is 0.146. The maximum atomic E-state index is 12.5. The molecule has 3 nitrogen and oxygen atoms in total. The number of aliphatic hydroxyl groups is 1. The molecule has 1 atom stereocenters. The van der Waals surface area contributed by atoms with Crippen molar-refractivity contribution in [1.82, 2.24) is 9.55 Å². The predicted octanol–water partition coefficient (Wildman–Crippen LogP) is 3.12. The Balaban J connectivity index is 1.87. The molecule has 0 aliphatic carbocycles. The Kier molecular flexibility index (Phi) is 3.49. The van der Waals surface area contributed by atoms with Crippen LogP contribution in [0.2, 0.25) is 0 Å². The van der Waals surface area contributed by atoms with Gasteiger partial charge in [-0.15, -0.1) is 0 Å². The molecule has 0 saturated heterocycles. The molecule has 0 radical (unpaired) electrons. The first kappa shape index (κ1) is 14.1. The van der Waals surface area contributed by atoms with Crippen LogP contribution in [0.5, 0.6) is 0 Å². The molecule has 0 fully saturated rings. The van der Waals surface area contributed by atoms with E-state index in [1.54, 1.807) is 0 Å². The molecular formula is C15H15F3N2O. The van der Waals surface area contributed by atoms with Crippen LogP contribution < -0.4 is 0 Å². The molecular weight excluding hydrogens is 281 g/mol. The lowest BCUT2D eigenvalue weighted by atomic mass is 10.0. The topological polar surface area (TPSA) is 38.1 Å². The zero-order chi connectivity index (χ0) is 15.0. The van der Waals surface area contributed by atoms with Gasteiger partial charge in [-0.1, -0.05) is 12.1 Å². The fraction of sp³-hybridized carbons (Fsp3) is 0.400. The lowest BCUT2D eigenvalue weighted by Crippen LogP contribution is -2.22. The van der Waals surface area contributed by atoms with E-state index in [1.165, 1.54) is 12.1 Å². The van der Waals surface area contributed by atoms with Gasteiger partial charge in [0.2, 0.25) is 0 Å². The van der Waals surface area contributed by atoms with E-state index in [4.69, 9.17) is 0 Å². The smallest absolute Gasteiger partial charge is 0.396 e. The standard InChI is InChI=1S/C15H15F3N2O/c16-15(17,18)12-4-2-11(3-5-12)13-8-20-7-10(9-21)1-6-14(20)19-13/h2-5,8,10,21H,1,6-7,9H2. The van der Waals surface area contributed by atoms with Crippen LogP contribution in [0.4, 0.5) is 13.2 Å². The van der Waals surface area contributed by atoms with Gasteiger partial charge in [0.15, 0.2) is 0 Å². The van der Waals surface area contributed by atoms with Crippen molar-refractivity contribution in [2.45, 2.75) is 25.6 Å². The van der Waals surface area contributed by atoms with E-state index in [9.17, 15) is 18.3 Å². The third-order valence-electron chi connectivity index (χ3n) is 3.86. The zero-order valence-electron chi connectivity index (χ0n) is 11.3. The van der Waals surface area contributed by atoms with Gasteiger partial charge >= 0.3 is 6.18 Å². The molecule has 21 heavy (non-hydrogen) atoms. The van der Waals surface area contributed by atoms with Crippen molar-refractivity contribution in [3.63, 3.8) is 0 Å². The SMILES string of the molecule is OCC1CCc2nc(-c3ccc(C(F)(F)F)cc3)cn2C1. The van der Waals surface area contributed by atoms with Gasteiger partial charge in [-0.2, -0.15) is 13.2 Å². The summed E-state index contributed by atoms with van der Waals surface area (Å²) in [6.45, 7) is 0.854. The highest BCUT2D eigenvalue weighted by molar-refractivity contribution is 5.59. The van der Waals surface area contributed by atoms with Crippen molar-refractivity contribution >= 4 is 0 Å². The Morgan fingerprint density at radius 3 is 2.57 bits per heavy atom. The number of imidazole rings is 1. The van der Waals surface area contributed by atoms with Gasteiger partial charge in [0.05, 0.1) is 11.3 Å². The highest BCUT2D eigenvalue weighted by Gasteiger charge is 2.30. The Labute approximate surface area is 120 Å². The van der Waals surface area contributed by atoms with Crippen molar-refractivity contribution < 1.29 is 18.3 Å². The maximum absolute atomic E-state index is 12.5. The normalized spacial score (nSPS) is 18.6. The molecule has 0 amide bonds. The minimum Gasteiger partial charge on any atom is -0.396 e. The number of aryl methyl sites for hydroxylation is 1. The summed E-state index contributed by atoms with van der Waals surface area (Å²) in [5.74, 6) is 1.15. The lowest BCUT2D eigenvalue weighted by molar-refractivity contribution is -0.137. The van der Waals surface area contributed by atoms with Crippen LogP contribution in [0.15, 0.2) is 30.5 Å². The molecule has 6 heteroatoms. The van der Waals surface area contributed by atoms with E-state index >= 15 is 0 Å². The number of hydrogen-bond donors (Lipinski definition) is 1. The number of halogens is 3. The molecule has 0 spiro atoms. The van der Waals surface area contributed by atoms with Gasteiger partial charge in [-0.3, -0.25) is 0 Å². The van der Waals surface area contributed by atoms with E-state index in [0.29, 0.717) is 17.8 Å². The molecule has 1 aromatic heterocycles. The third-order valence-corrected chi connectivity index (χ3v) is 3.86. The molecule has 1 aliphatic heterocycles. The number of alkyl halides is 3. The van der Waals surface area contributed by atoms with Crippen molar-refractivity contribution in [2.24, 2.45) is 5.92 Å². The van der Waals surface area contributed by atoms with Crippen LogP contribution in [0, 0.1) is 5.92 Å². The Hall–Kier alpha value is -1.82. The average molecular weight is 296 g/mol. The monoisotopic (exact) mass is 296 g/mol. The molecule has 112 valence electrons. The van der Waals surface area contributed by atoms with Gasteiger partial charge in [-0.25, -0.2) is 4.98 Å². The number of aromatic nitrogens is 2. The van der Waals surface area contributed by atoms with Crippen LogP contribution in [-0.2, 0) is 19.1 Å². The lowest BCUT2D eigenvalue weighted by Gasteiger charge is -2.21. The highest BCUT2D eigenvalue weighted by Crippen LogP contribution is 2.31. The van der Waals surface area contributed by atoms with Gasteiger partial charge < -0.3 is 9.67 Å². The molecule has 2 aromatic rings. The number of nitrogens with zero attached hydrogens (tertiary/aromatic N) is 2. The van der Waals surface area contributed by atoms with E-state index < -0.39 is 11.7 Å². The summed E-state index contributed by atoms with van der Waals surface area (Å²) in [4.78, 5) is 4.48. The van der Waals surface area contributed by atoms with Crippen molar-refractivity contribution in [3.8, 4) is 11.3 Å². The van der Waals surface area contributed by atoms with Gasteiger partial charge in [0.25, 0.3) is 0 Å². The summed E-state index contributed by atoms with van der Waals surface area (Å²) < 4.78 is 39.6. The Morgan fingerprint density at radius 1 is 1.24 bits per heavy atom. The summed E-state index contributed by atoms with van der Waals surface area (Å²) in [6, 6.07) is 5.04. The van der Waals surface area contributed by atoms with E-state index in [-0.39, 0.29) is 12.5 Å². The average Bonchev–Trinajstić information content (AvgIpc) is 2.89. The largest absolute Gasteiger partial charge is 0.416 e. The third kappa shape index (κ3) is 2.81. The second kappa shape index (κ2) is 5.18. The molecule has 2 heterocycles. The van der Waals surface area contributed by atoms with Crippen LogP contribution in [-0.4, -0.2) is 21.3 Å². The summed E-state index contributed by atoms with van der Waals surface area (Å²) in [5, 5.41) is 9.21. The zero-order valence-corrected chi connectivity index (χ0v) is 11.3. The van der Waals surface area contributed by atoms with E-state index in [0.717, 1.165) is 30.8 Å². The summed E-state index contributed by atoms with van der Waals surface area (Å²) >= 11 is 0. The fourth-order valence-corrected chi connectivity index (χ4v) is 2.63. The minimum atomic E-state index is -4.32. The van der Waals surface area contributed by atoms with Gasteiger partial charge in [-0.05, 0) is 18.6 Å². The second-order valence-corrected chi connectivity index (χ2v) is 5.36. The summed E-state index contributed by atoms with van der Waals surface area (Å²) in [6.07, 6.45) is -0.800. The molecule has 0 bridgehead atoms. The van der Waals surface area contributed by atoms with E-state index in [1.807, 2.05) is 10.8 Å². The maximum Gasteiger partial charge on any atom is 0.416 e. The number of benzene rings is 1. The number of fused-ring (bicyclic) bond motifs is 1. The van der Waals surface area contributed by atoms with Crippen LogP contribution in [0.3, 0.4) is 0 Å². The van der Waals surface area contributed by atoms with E-state index in [2.05, 4.69) is 4.98 Å². The molecule has 1 aromatic carbocycles. The highest BCUT2D eigenvalue weighted by atomic mass is 19.4. The fourth-order valence-electron chi connectivity index (χ4n) is 2.63. The molecule has 1 aliphatic rings. The molecule has 1 N–H and O–H groups in total. The van der Waals surface area contributed by atoms with Gasteiger partial charge in [0, 0.05) is 37.3 Å². The summed E-state index contributed by atoms with van der Waals surface area (Å²) in [7, 11) is 0. The Bertz CT molecular complexity index is 631. The first-order valence-electron chi connectivity index (χ1n) is 6.82.